The zero-order valence-corrected chi connectivity index (χ0v) is 10.1. The molecule has 2 N–H and O–H groups in total. The van der Waals surface area contributed by atoms with Gasteiger partial charge in [-0.3, -0.25) is 4.79 Å². The average Bonchev–Trinajstić information content (AvgIpc) is 2.26. The fourth-order valence-electron chi connectivity index (χ4n) is 1.27. The van der Waals surface area contributed by atoms with Crippen LogP contribution in [0.2, 0.25) is 0 Å². The molecule has 1 rings (SSSR count). The third-order valence-corrected chi connectivity index (χ3v) is 2.51. The number of ether oxygens (including phenoxy) is 1. The van der Waals surface area contributed by atoms with Crippen LogP contribution >= 0.6 is 0 Å². The van der Waals surface area contributed by atoms with Crippen molar-refractivity contribution in [2.24, 2.45) is 11.7 Å². The maximum Gasteiger partial charge on any atom is 0.223 e. The second-order valence-corrected chi connectivity index (χ2v) is 4.34. The molecular weight excluding hydrogens is 202 g/mol. The SMILES string of the molecule is CC(COc1cccc(C(C)C)c1)C(N)=O. The van der Waals surface area contributed by atoms with Gasteiger partial charge in [-0.2, -0.15) is 0 Å². The highest BCUT2D eigenvalue weighted by Gasteiger charge is 2.09. The number of hydrogen-bond donors (Lipinski definition) is 1. The van der Waals surface area contributed by atoms with Gasteiger partial charge in [-0.05, 0) is 23.6 Å². The van der Waals surface area contributed by atoms with Crippen molar-refractivity contribution in [2.75, 3.05) is 6.61 Å². The van der Waals surface area contributed by atoms with Crippen LogP contribution in [0.3, 0.4) is 0 Å². The molecule has 0 radical (unpaired) electrons. The molecule has 0 aromatic heterocycles. The lowest BCUT2D eigenvalue weighted by atomic mass is 10.0. The van der Waals surface area contributed by atoms with E-state index >= 15 is 0 Å². The van der Waals surface area contributed by atoms with Crippen LogP contribution in [0.4, 0.5) is 0 Å². The molecule has 1 aromatic rings. The maximum absolute atomic E-state index is 10.8. The first-order chi connectivity index (χ1) is 7.50. The molecule has 1 amide bonds. The number of benzene rings is 1. The molecule has 0 spiro atoms. The molecule has 16 heavy (non-hydrogen) atoms. The largest absolute Gasteiger partial charge is 0.493 e. The Kier molecular flexibility index (Phi) is 4.35. The van der Waals surface area contributed by atoms with E-state index in [9.17, 15) is 4.79 Å². The van der Waals surface area contributed by atoms with E-state index in [1.807, 2.05) is 18.2 Å². The first-order valence-corrected chi connectivity index (χ1v) is 5.52. The van der Waals surface area contributed by atoms with Gasteiger partial charge in [-0.15, -0.1) is 0 Å². The molecule has 1 aromatic carbocycles. The number of nitrogens with two attached hydrogens (primary N) is 1. The van der Waals surface area contributed by atoms with E-state index in [2.05, 4.69) is 19.9 Å². The van der Waals surface area contributed by atoms with Crippen molar-refractivity contribution in [3.8, 4) is 5.75 Å². The first-order valence-electron chi connectivity index (χ1n) is 5.52. The molecule has 1 unspecified atom stereocenters. The minimum atomic E-state index is -0.333. The summed E-state index contributed by atoms with van der Waals surface area (Å²) >= 11 is 0. The highest BCUT2D eigenvalue weighted by atomic mass is 16.5. The Balaban J connectivity index is 2.60. The van der Waals surface area contributed by atoms with Crippen LogP contribution in [-0.4, -0.2) is 12.5 Å². The Hall–Kier alpha value is -1.51. The summed E-state index contributed by atoms with van der Waals surface area (Å²) in [6, 6.07) is 7.91. The van der Waals surface area contributed by atoms with E-state index in [0.29, 0.717) is 12.5 Å². The molecule has 0 aliphatic heterocycles. The minimum absolute atomic E-state index is 0.261. The lowest BCUT2D eigenvalue weighted by Crippen LogP contribution is -2.25. The van der Waals surface area contributed by atoms with Gasteiger partial charge >= 0.3 is 0 Å². The van der Waals surface area contributed by atoms with Gasteiger partial charge in [0.25, 0.3) is 0 Å². The third-order valence-electron chi connectivity index (χ3n) is 2.51. The van der Waals surface area contributed by atoms with E-state index in [4.69, 9.17) is 10.5 Å². The molecular formula is C13H19NO2. The predicted molar refractivity (Wildman–Crippen MR) is 64.4 cm³/mol. The lowest BCUT2D eigenvalue weighted by Gasteiger charge is -2.12. The number of rotatable bonds is 5. The van der Waals surface area contributed by atoms with Crippen LogP contribution in [0.25, 0.3) is 0 Å². The van der Waals surface area contributed by atoms with Crippen LogP contribution in [0, 0.1) is 5.92 Å². The van der Waals surface area contributed by atoms with Gasteiger partial charge in [0.2, 0.25) is 5.91 Å². The highest BCUT2D eigenvalue weighted by Crippen LogP contribution is 2.20. The molecule has 1 atom stereocenters. The van der Waals surface area contributed by atoms with Crippen molar-refractivity contribution >= 4 is 5.91 Å². The minimum Gasteiger partial charge on any atom is -0.493 e. The summed E-state index contributed by atoms with van der Waals surface area (Å²) in [7, 11) is 0. The van der Waals surface area contributed by atoms with Gasteiger partial charge < -0.3 is 10.5 Å². The zero-order valence-electron chi connectivity index (χ0n) is 10.1. The normalized spacial score (nSPS) is 12.5. The quantitative estimate of drug-likeness (QED) is 0.829. The van der Waals surface area contributed by atoms with Crippen molar-refractivity contribution in [3.05, 3.63) is 29.8 Å². The standard InChI is InChI=1S/C13H19NO2/c1-9(2)11-5-4-6-12(7-11)16-8-10(3)13(14)15/h4-7,9-10H,8H2,1-3H3,(H2,14,15). The van der Waals surface area contributed by atoms with Crippen molar-refractivity contribution in [1.29, 1.82) is 0 Å². The fraction of sp³-hybridized carbons (Fsp3) is 0.462. The Labute approximate surface area is 96.6 Å². The molecule has 0 fully saturated rings. The Morgan fingerprint density at radius 2 is 2.06 bits per heavy atom. The fourth-order valence-corrected chi connectivity index (χ4v) is 1.27. The van der Waals surface area contributed by atoms with Crippen molar-refractivity contribution in [1.82, 2.24) is 0 Å². The van der Waals surface area contributed by atoms with Crippen molar-refractivity contribution in [3.63, 3.8) is 0 Å². The Morgan fingerprint density at radius 1 is 1.38 bits per heavy atom. The average molecular weight is 221 g/mol. The number of carbonyl (C=O) groups excluding carboxylic acids is 1. The predicted octanol–water partition coefficient (Wildman–Crippen LogP) is 2.31. The summed E-state index contributed by atoms with van der Waals surface area (Å²) in [5.41, 5.74) is 6.39. The molecule has 0 heterocycles. The van der Waals surface area contributed by atoms with E-state index in [-0.39, 0.29) is 11.8 Å². The van der Waals surface area contributed by atoms with E-state index in [0.717, 1.165) is 5.75 Å². The van der Waals surface area contributed by atoms with Crippen LogP contribution in [0.5, 0.6) is 5.75 Å². The first kappa shape index (κ1) is 12.6. The van der Waals surface area contributed by atoms with Gasteiger partial charge in [0.05, 0.1) is 12.5 Å². The number of hydrogen-bond acceptors (Lipinski definition) is 2. The molecule has 0 bridgehead atoms. The van der Waals surface area contributed by atoms with Gasteiger partial charge in [0, 0.05) is 0 Å². The summed E-state index contributed by atoms with van der Waals surface area (Å²) < 4.78 is 5.52. The van der Waals surface area contributed by atoms with E-state index in [1.54, 1.807) is 6.92 Å². The highest BCUT2D eigenvalue weighted by molar-refractivity contribution is 5.76. The molecule has 0 aliphatic carbocycles. The van der Waals surface area contributed by atoms with E-state index < -0.39 is 0 Å². The number of amides is 1. The summed E-state index contributed by atoms with van der Waals surface area (Å²) in [6.07, 6.45) is 0. The monoisotopic (exact) mass is 221 g/mol. The van der Waals surface area contributed by atoms with Gasteiger partial charge in [-0.25, -0.2) is 0 Å². The third kappa shape index (κ3) is 3.57. The van der Waals surface area contributed by atoms with Crippen molar-refractivity contribution < 1.29 is 9.53 Å². The topological polar surface area (TPSA) is 52.3 Å². The Bertz CT molecular complexity index is 361. The number of primary amides is 1. The molecule has 0 saturated carbocycles. The molecule has 88 valence electrons. The summed E-state index contributed by atoms with van der Waals surface area (Å²) in [6.45, 7) is 6.35. The smallest absolute Gasteiger partial charge is 0.223 e. The van der Waals surface area contributed by atoms with Crippen LogP contribution in [0.15, 0.2) is 24.3 Å². The Morgan fingerprint density at radius 3 is 2.62 bits per heavy atom. The molecule has 3 nitrogen and oxygen atoms in total. The summed E-state index contributed by atoms with van der Waals surface area (Å²) in [5, 5.41) is 0. The molecule has 3 heteroatoms. The van der Waals surface area contributed by atoms with Crippen LogP contribution < -0.4 is 10.5 Å². The zero-order chi connectivity index (χ0) is 12.1. The summed E-state index contributed by atoms with van der Waals surface area (Å²) in [4.78, 5) is 10.8. The number of carbonyl (C=O) groups is 1. The summed E-state index contributed by atoms with van der Waals surface area (Å²) in [5.74, 6) is 0.666. The lowest BCUT2D eigenvalue weighted by molar-refractivity contribution is -0.122. The van der Waals surface area contributed by atoms with E-state index in [1.165, 1.54) is 5.56 Å². The maximum atomic E-state index is 10.8. The molecule has 0 saturated heterocycles. The van der Waals surface area contributed by atoms with Crippen LogP contribution in [-0.2, 0) is 4.79 Å². The van der Waals surface area contributed by atoms with Gasteiger partial charge in [0.15, 0.2) is 0 Å². The second-order valence-electron chi connectivity index (χ2n) is 4.34. The van der Waals surface area contributed by atoms with Gasteiger partial charge in [-0.1, -0.05) is 32.9 Å². The van der Waals surface area contributed by atoms with Gasteiger partial charge in [0.1, 0.15) is 5.75 Å². The second kappa shape index (κ2) is 5.54. The van der Waals surface area contributed by atoms with Crippen LogP contribution in [0.1, 0.15) is 32.3 Å². The van der Waals surface area contributed by atoms with Crippen molar-refractivity contribution in [2.45, 2.75) is 26.7 Å². The molecule has 0 aliphatic rings.